The Hall–Kier alpha value is -2.60. The Morgan fingerprint density at radius 2 is 1.95 bits per heavy atom. The topological polar surface area (TPSA) is 98.3 Å². The molecule has 102 valence electrons. The van der Waals surface area contributed by atoms with Crippen LogP contribution >= 0.6 is 11.6 Å². The van der Waals surface area contributed by atoms with E-state index in [1.807, 2.05) is 0 Å². The van der Waals surface area contributed by atoms with E-state index in [1.165, 1.54) is 12.1 Å². The Labute approximate surface area is 119 Å². The number of carbonyl (C=O) groups excluding carboxylic acids is 1. The molecular weight excluding hydrogens is 282 g/mol. The average molecular weight is 292 g/mol. The largest absolute Gasteiger partial charge is 0.393 e. The molecule has 0 aromatic heterocycles. The molecule has 0 radical (unpaired) electrons. The van der Waals surface area contributed by atoms with Crippen LogP contribution in [0, 0.1) is 10.1 Å². The molecule has 0 fully saturated rings. The summed E-state index contributed by atoms with van der Waals surface area (Å²) in [4.78, 5) is 22.2. The summed E-state index contributed by atoms with van der Waals surface area (Å²) in [6.45, 7) is 0. The van der Waals surface area contributed by atoms with Gasteiger partial charge in [-0.3, -0.25) is 14.9 Å². The predicted molar refractivity (Wildman–Crippen MR) is 76.9 cm³/mol. The van der Waals surface area contributed by atoms with Crippen molar-refractivity contribution in [2.24, 2.45) is 0 Å². The van der Waals surface area contributed by atoms with Gasteiger partial charge in [-0.1, -0.05) is 23.7 Å². The molecule has 0 spiro atoms. The molecule has 2 aromatic carbocycles. The zero-order valence-corrected chi connectivity index (χ0v) is 10.9. The summed E-state index contributed by atoms with van der Waals surface area (Å²) >= 11 is 5.92. The number of nitrogens with one attached hydrogen (secondary N) is 1. The minimum atomic E-state index is -0.637. The van der Waals surface area contributed by atoms with Gasteiger partial charge < -0.3 is 11.1 Å². The van der Waals surface area contributed by atoms with Crippen LogP contribution in [0.3, 0.4) is 0 Å². The number of benzene rings is 2. The highest BCUT2D eigenvalue weighted by atomic mass is 35.5. The van der Waals surface area contributed by atoms with E-state index in [0.717, 1.165) is 6.07 Å². The number of para-hydroxylation sites is 1. The molecule has 0 heterocycles. The van der Waals surface area contributed by atoms with Gasteiger partial charge in [-0.2, -0.15) is 0 Å². The van der Waals surface area contributed by atoms with Gasteiger partial charge in [0.05, 0.1) is 15.6 Å². The van der Waals surface area contributed by atoms with Gasteiger partial charge in [0.1, 0.15) is 5.69 Å². The first-order valence-electron chi connectivity index (χ1n) is 5.59. The number of rotatable bonds is 3. The van der Waals surface area contributed by atoms with Gasteiger partial charge in [-0.15, -0.1) is 0 Å². The molecule has 20 heavy (non-hydrogen) atoms. The highest BCUT2D eigenvalue weighted by Gasteiger charge is 2.16. The number of hydrogen-bond donors (Lipinski definition) is 2. The lowest BCUT2D eigenvalue weighted by Gasteiger charge is -2.07. The number of halogens is 1. The fourth-order valence-corrected chi connectivity index (χ4v) is 1.78. The SMILES string of the molecule is Nc1ccc(C(=O)Nc2ccccc2Cl)cc1[N+](=O)[O-]. The molecule has 0 unspecified atom stereocenters. The van der Waals surface area contributed by atoms with E-state index in [0.29, 0.717) is 10.7 Å². The summed E-state index contributed by atoms with van der Waals surface area (Å²) in [5.74, 6) is -0.499. The molecular formula is C13H10ClN3O3. The van der Waals surface area contributed by atoms with Gasteiger partial charge in [0.25, 0.3) is 11.6 Å². The third-order valence-electron chi connectivity index (χ3n) is 2.61. The number of nitro benzene ring substituents is 1. The van der Waals surface area contributed by atoms with Crippen LogP contribution < -0.4 is 11.1 Å². The number of nitrogen functional groups attached to an aromatic ring is 1. The molecule has 2 rings (SSSR count). The minimum Gasteiger partial charge on any atom is -0.393 e. The summed E-state index contributed by atoms with van der Waals surface area (Å²) < 4.78 is 0. The van der Waals surface area contributed by atoms with Crippen molar-refractivity contribution in [3.05, 3.63) is 63.2 Å². The van der Waals surface area contributed by atoms with Crippen LogP contribution in [0.25, 0.3) is 0 Å². The lowest BCUT2D eigenvalue weighted by atomic mass is 10.1. The molecule has 0 aliphatic heterocycles. The molecule has 2 aromatic rings. The molecule has 0 bridgehead atoms. The van der Waals surface area contributed by atoms with Gasteiger partial charge in [0.15, 0.2) is 0 Å². The summed E-state index contributed by atoms with van der Waals surface area (Å²) in [7, 11) is 0. The maximum atomic E-state index is 12.0. The second-order valence-corrected chi connectivity index (χ2v) is 4.37. The minimum absolute atomic E-state index is 0.00398. The summed E-state index contributed by atoms with van der Waals surface area (Å²) in [6, 6.07) is 10.6. The Bertz CT molecular complexity index is 688. The second-order valence-electron chi connectivity index (χ2n) is 3.96. The van der Waals surface area contributed by atoms with E-state index in [9.17, 15) is 14.9 Å². The molecule has 1 amide bonds. The van der Waals surface area contributed by atoms with Crippen LogP contribution in [0.5, 0.6) is 0 Å². The molecule has 0 aliphatic rings. The van der Waals surface area contributed by atoms with Crippen molar-refractivity contribution in [2.45, 2.75) is 0 Å². The lowest BCUT2D eigenvalue weighted by Crippen LogP contribution is -2.12. The van der Waals surface area contributed by atoms with Gasteiger partial charge in [-0.25, -0.2) is 0 Å². The van der Waals surface area contributed by atoms with Crippen molar-refractivity contribution in [3.8, 4) is 0 Å². The van der Waals surface area contributed by atoms with E-state index < -0.39 is 10.8 Å². The number of anilines is 2. The van der Waals surface area contributed by atoms with Crippen LogP contribution in [0.4, 0.5) is 17.1 Å². The van der Waals surface area contributed by atoms with Gasteiger partial charge >= 0.3 is 0 Å². The number of hydrogen-bond acceptors (Lipinski definition) is 4. The summed E-state index contributed by atoms with van der Waals surface area (Å²) in [6.07, 6.45) is 0. The van der Waals surface area contributed by atoms with E-state index in [4.69, 9.17) is 17.3 Å². The Morgan fingerprint density at radius 1 is 1.25 bits per heavy atom. The van der Waals surface area contributed by atoms with Crippen LogP contribution in [-0.4, -0.2) is 10.8 Å². The molecule has 0 atom stereocenters. The maximum absolute atomic E-state index is 12.0. The number of carbonyl (C=O) groups is 1. The van der Waals surface area contributed by atoms with Crippen molar-refractivity contribution >= 4 is 34.6 Å². The Kier molecular flexibility index (Phi) is 3.86. The summed E-state index contributed by atoms with van der Waals surface area (Å²) in [5, 5.41) is 13.7. The third kappa shape index (κ3) is 2.86. The first kappa shape index (κ1) is 13.8. The summed E-state index contributed by atoms with van der Waals surface area (Å²) in [5.41, 5.74) is 5.73. The van der Waals surface area contributed by atoms with Crippen LogP contribution in [0.2, 0.25) is 5.02 Å². The van der Waals surface area contributed by atoms with Crippen LogP contribution in [0.15, 0.2) is 42.5 Å². The molecule has 7 heteroatoms. The van der Waals surface area contributed by atoms with Crippen molar-refractivity contribution in [2.75, 3.05) is 11.1 Å². The van der Waals surface area contributed by atoms with Gasteiger partial charge in [0.2, 0.25) is 0 Å². The first-order chi connectivity index (χ1) is 9.49. The highest BCUT2D eigenvalue weighted by Crippen LogP contribution is 2.24. The van der Waals surface area contributed by atoms with Crippen molar-refractivity contribution in [3.63, 3.8) is 0 Å². The van der Waals surface area contributed by atoms with Crippen LogP contribution in [0.1, 0.15) is 10.4 Å². The molecule has 0 saturated heterocycles. The molecule has 0 saturated carbocycles. The number of nitrogens with zero attached hydrogens (tertiary/aromatic N) is 1. The van der Waals surface area contributed by atoms with Gasteiger partial charge in [0, 0.05) is 11.6 Å². The van der Waals surface area contributed by atoms with Crippen molar-refractivity contribution < 1.29 is 9.72 Å². The number of nitro groups is 1. The van der Waals surface area contributed by atoms with Crippen molar-refractivity contribution in [1.82, 2.24) is 0 Å². The highest BCUT2D eigenvalue weighted by molar-refractivity contribution is 6.33. The number of nitrogens with two attached hydrogens (primary N) is 1. The fourth-order valence-electron chi connectivity index (χ4n) is 1.60. The lowest BCUT2D eigenvalue weighted by molar-refractivity contribution is -0.383. The Balaban J connectivity index is 2.28. The standard InChI is InChI=1S/C13H10ClN3O3/c14-9-3-1-2-4-11(9)16-13(18)8-5-6-10(15)12(7-8)17(19)20/h1-7H,15H2,(H,16,18). The zero-order chi connectivity index (χ0) is 14.7. The predicted octanol–water partition coefficient (Wildman–Crippen LogP) is 3.08. The van der Waals surface area contributed by atoms with E-state index >= 15 is 0 Å². The average Bonchev–Trinajstić information content (AvgIpc) is 2.41. The normalized spacial score (nSPS) is 10.1. The van der Waals surface area contributed by atoms with E-state index in [2.05, 4.69) is 5.32 Å². The van der Waals surface area contributed by atoms with Crippen molar-refractivity contribution in [1.29, 1.82) is 0 Å². The monoisotopic (exact) mass is 291 g/mol. The zero-order valence-electron chi connectivity index (χ0n) is 10.2. The van der Waals surface area contributed by atoms with Crippen LogP contribution in [-0.2, 0) is 0 Å². The third-order valence-corrected chi connectivity index (χ3v) is 2.94. The molecule has 3 N–H and O–H groups in total. The quantitative estimate of drug-likeness (QED) is 0.516. The molecule has 6 nitrogen and oxygen atoms in total. The smallest absolute Gasteiger partial charge is 0.292 e. The van der Waals surface area contributed by atoms with E-state index in [-0.39, 0.29) is 16.9 Å². The maximum Gasteiger partial charge on any atom is 0.292 e. The first-order valence-corrected chi connectivity index (χ1v) is 5.96. The molecule has 0 aliphatic carbocycles. The number of amides is 1. The van der Waals surface area contributed by atoms with E-state index in [1.54, 1.807) is 24.3 Å². The fraction of sp³-hybridized carbons (Fsp3) is 0. The second kappa shape index (κ2) is 5.58. The van der Waals surface area contributed by atoms with Gasteiger partial charge in [-0.05, 0) is 24.3 Å². The Morgan fingerprint density at radius 3 is 2.60 bits per heavy atom.